The van der Waals surface area contributed by atoms with Crippen molar-refractivity contribution in [2.24, 2.45) is 0 Å². The molecule has 1 saturated heterocycles. The van der Waals surface area contributed by atoms with Gasteiger partial charge in [0.1, 0.15) is 23.0 Å². The van der Waals surface area contributed by atoms with Crippen LogP contribution in [0.1, 0.15) is 46.8 Å². The molecule has 0 amide bonds. The molecule has 0 aromatic heterocycles. The number of carboxylic acid groups (broad SMARTS) is 1. The molecule has 2 N–H and O–H groups in total. The van der Waals surface area contributed by atoms with Crippen LogP contribution in [0.5, 0.6) is 11.5 Å². The highest BCUT2D eigenvalue weighted by Crippen LogP contribution is 2.42. The van der Waals surface area contributed by atoms with E-state index in [4.69, 9.17) is 9.47 Å². The summed E-state index contributed by atoms with van der Waals surface area (Å²) >= 11 is 3.55. The van der Waals surface area contributed by atoms with Gasteiger partial charge in [-0.25, -0.2) is 15.0 Å². The van der Waals surface area contributed by atoms with Crippen LogP contribution in [0.3, 0.4) is 0 Å². The minimum atomic E-state index is -1.12. The van der Waals surface area contributed by atoms with Gasteiger partial charge < -0.3 is 19.5 Å². The number of carbonyl (C=O) groups is 1. The highest BCUT2D eigenvalue weighted by atomic mass is 79.9. The average Bonchev–Trinajstić information content (AvgIpc) is 3.07. The van der Waals surface area contributed by atoms with E-state index in [1.807, 2.05) is 59.5 Å². The van der Waals surface area contributed by atoms with Crippen molar-refractivity contribution in [1.82, 2.24) is 5.43 Å². The number of carbonyl (C=O) groups excluding carboxylic acids is 1. The Morgan fingerprint density at radius 3 is 2.38 bits per heavy atom. The van der Waals surface area contributed by atoms with Crippen molar-refractivity contribution < 1.29 is 24.2 Å². The van der Waals surface area contributed by atoms with Gasteiger partial charge in [0.25, 0.3) is 0 Å². The van der Waals surface area contributed by atoms with Crippen LogP contribution in [0.15, 0.2) is 89.4 Å². The molecule has 5 rings (SSSR count). The van der Waals surface area contributed by atoms with Gasteiger partial charge in [-0.15, -0.1) is 0 Å². The van der Waals surface area contributed by atoms with E-state index in [-0.39, 0.29) is 11.3 Å². The third kappa shape index (κ3) is 6.91. The van der Waals surface area contributed by atoms with Gasteiger partial charge in [-0.05, 0) is 73.2 Å². The van der Waals surface area contributed by atoms with Crippen LogP contribution in [0.25, 0.3) is 11.1 Å². The van der Waals surface area contributed by atoms with Gasteiger partial charge in [0.05, 0.1) is 37.3 Å². The molecule has 4 aromatic carbocycles. The Morgan fingerprint density at radius 2 is 1.71 bits per heavy atom. The molecule has 1 aliphatic heterocycles. The third-order valence-electron chi connectivity index (χ3n) is 8.05. The predicted octanol–water partition coefficient (Wildman–Crippen LogP) is 7.90. The zero-order chi connectivity index (χ0) is 31.9. The second-order valence-corrected chi connectivity index (χ2v) is 11.7. The lowest BCUT2D eigenvalue weighted by atomic mass is 10.0. The first-order valence-electron chi connectivity index (χ1n) is 14.8. The number of hydrogen-bond acceptors (Lipinski definition) is 7. The van der Waals surface area contributed by atoms with Crippen molar-refractivity contribution in [3.8, 4) is 22.6 Å². The molecule has 0 radical (unpaired) electrons. The molecule has 9 heteroatoms. The summed E-state index contributed by atoms with van der Waals surface area (Å²) < 4.78 is 11.8. The highest BCUT2D eigenvalue weighted by molar-refractivity contribution is 9.10. The van der Waals surface area contributed by atoms with Gasteiger partial charge in [0, 0.05) is 35.3 Å². The molecule has 1 unspecified atom stereocenters. The van der Waals surface area contributed by atoms with Crippen LogP contribution in [-0.4, -0.2) is 44.3 Å². The minimum absolute atomic E-state index is 0.00587. The molecule has 1 atom stereocenters. The van der Waals surface area contributed by atoms with Gasteiger partial charge in [-0.3, -0.25) is 5.01 Å². The number of benzene rings is 4. The van der Waals surface area contributed by atoms with Gasteiger partial charge in [0.15, 0.2) is 0 Å². The molecule has 0 bridgehead atoms. The quantitative estimate of drug-likeness (QED) is 0.123. The van der Waals surface area contributed by atoms with Crippen LogP contribution < -0.4 is 24.8 Å². The van der Waals surface area contributed by atoms with E-state index in [2.05, 4.69) is 51.4 Å². The molecule has 232 valence electrons. The molecule has 0 spiro atoms. The van der Waals surface area contributed by atoms with E-state index < -0.39 is 12.0 Å². The number of ether oxygens (including phenoxy) is 2. The monoisotopic (exact) mass is 669 g/mol. The lowest BCUT2D eigenvalue weighted by Crippen LogP contribution is -2.39. The number of hydrazine groups is 1. The number of aryl methyl sites for hydroxylation is 1. The molecule has 45 heavy (non-hydrogen) atoms. The first-order valence-corrected chi connectivity index (χ1v) is 15.6. The topological polar surface area (TPSA) is 91.3 Å². The SMILES string of the molecule is COc1cc(C(C=C=O)NN(c2ccc(-c3ccccc3)c(OC)c2)c2c(C)cccc2N2CCCCC2)c(Br)cc1C(=O)O. The number of para-hydroxylation sites is 1. The largest absolute Gasteiger partial charge is 0.496 e. The number of carboxylic acids is 1. The maximum absolute atomic E-state index is 12.0. The fourth-order valence-corrected chi connectivity index (χ4v) is 6.40. The molecule has 1 heterocycles. The fourth-order valence-electron chi connectivity index (χ4n) is 5.81. The van der Waals surface area contributed by atoms with E-state index in [9.17, 15) is 14.7 Å². The maximum atomic E-state index is 12.0. The van der Waals surface area contributed by atoms with Crippen molar-refractivity contribution in [2.75, 3.05) is 37.2 Å². The number of methoxy groups -OCH3 is 2. The highest BCUT2D eigenvalue weighted by Gasteiger charge is 2.27. The molecule has 0 saturated carbocycles. The zero-order valence-corrected chi connectivity index (χ0v) is 27.1. The molecule has 4 aromatic rings. The van der Waals surface area contributed by atoms with E-state index in [0.29, 0.717) is 15.8 Å². The second-order valence-electron chi connectivity index (χ2n) is 10.8. The van der Waals surface area contributed by atoms with Crippen molar-refractivity contribution in [2.45, 2.75) is 32.2 Å². The Hall–Kier alpha value is -4.56. The van der Waals surface area contributed by atoms with Crippen LogP contribution in [0.4, 0.5) is 17.1 Å². The van der Waals surface area contributed by atoms with Gasteiger partial charge in [-0.2, -0.15) is 0 Å². The van der Waals surface area contributed by atoms with Gasteiger partial charge in [-0.1, -0.05) is 58.4 Å². The summed E-state index contributed by atoms with van der Waals surface area (Å²) in [5.74, 6) is 1.69. The lowest BCUT2D eigenvalue weighted by Gasteiger charge is -2.37. The minimum Gasteiger partial charge on any atom is -0.496 e. The number of aromatic carboxylic acids is 1. The summed E-state index contributed by atoms with van der Waals surface area (Å²) in [5, 5.41) is 11.7. The van der Waals surface area contributed by atoms with E-state index in [0.717, 1.165) is 59.7 Å². The molecule has 0 aliphatic carbocycles. The van der Waals surface area contributed by atoms with E-state index in [1.54, 1.807) is 13.2 Å². The Balaban J connectivity index is 1.69. The van der Waals surface area contributed by atoms with Crippen molar-refractivity contribution >= 4 is 44.9 Å². The second kappa shape index (κ2) is 14.5. The normalized spacial score (nSPS) is 13.5. The standard InChI is InChI=1S/C36H36BrN3O5/c1-24-11-10-14-32(39-18-8-5-9-19-39)35(24)40(26-15-16-27(33(21-26)44-2)25-12-6-4-7-13-25)38-31(17-20-41)28-23-34(45-3)29(36(42)43)22-30(28)37/h4,6-7,10-17,21-23,31,38H,5,8-9,18-19H2,1-3H3,(H,42,43). The summed E-state index contributed by atoms with van der Waals surface area (Å²) in [6.45, 7) is 3.95. The average molecular weight is 671 g/mol. The Morgan fingerprint density at radius 1 is 0.978 bits per heavy atom. The van der Waals surface area contributed by atoms with E-state index >= 15 is 0 Å². The fraction of sp³-hybridized carbons (Fsp3) is 0.250. The van der Waals surface area contributed by atoms with Crippen LogP contribution >= 0.6 is 15.9 Å². The summed E-state index contributed by atoms with van der Waals surface area (Å²) in [6.07, 6.45) is 4.80. The summed E-state index contributed by atoms with van der Waals surface area (Å²) in [4.78, 5) is 26.3. The summed E-state index contributed by atoms with van der Waals surface area (Å²) in [7, 11) is 3.07. The Bertz CT molecular complexity index is 1720. The first-order chi connectivity index (χ1) is 21.9. The maximum Gasteiger partial charge on any atom is 0.339 e. The van der Waals surface area contributed by atoms with Crippen molar-refractivity contribution in [3.05, 3.63) is 106 Å². The number of rotatable bonds is 11. The Kier molecular flexibility index (Phi) is 10.2. The molecular formula is C36H36BrN3O5. The number of nitrogens with zero attached hydrogens (tertiary/aromatic N) is 2. The summed E-state index contributed by atoms with van der Waals surface area (Å²) in [5.41, 5.74) is 9.98. The van der Waals surface area contributed by atoms with Crippen molar-refractivity contribution in [3.63, 3.8) is 0 Å². The zero-order valence-electron chi connectivity index (χ0n) is 25.5. The van der Waals surface area contributed by atoms with Crippen LogP contribution in [0.2, 0.25) is 0 Å². The van der Waals surface area contributed by atoms with Crippen LogP contribution in [-0.2, 0) is 4.79 Å². The molecular weight excluding hydrogens is 634 g/mol. The van der Waals surface area contributed by atoms with Gasteiger partial charge >= 0.3 is 5.97 Å². The summed E-state index contributed by atoms with van der Waals surface area (Å²) in [6, 6.07) is 24.7. The first kappa shape index (κ1) is 31.9. The molecule has 1 fully saturated rings. The lowest BCUT2D eigenvalue weighted by molar-refractivity contribution is 0.0693. The number of nitrogens with one attached hydrogen (secondary N) is 1. The van der Waals surface area contributed by atoms with E-state index in [1.165, 1.54) is 25.7 Å². The Labute approximate surface area is 272 Å². The number of piperidine rings is 1. The van der Waals surface area contributed by atoms with Crippen molar-refractivity contribution in [1.29, 1.82) is 0 Å². The van der Waals surface area contributed by atoms with Gasteiger partial charge in [0.2, 0.25) is 0 Å². The van der Waals surface area contributed by atoms with Crippen LogP contribution in [0, 0.1) is 6.92 Å². The predicted molar refractivity (Wildman–Crippen MR) is 182 cm³/mol. The number of anilines is 3. The number of hydrogen-bond donors (Lipinski definition) is 2. The molecule has 1 aliphatic rings. The third-order valence-corrected chi connectivity index (χ3v) is 8.74. The molecule has 8 nitrogen and oxygen atoms in total. The number of halogens is 1. The smallest absolute Gasteiger partial charge is 0.339 e.